The second-order valence-corrected chi connectivity index (χ2v) is 4.97. The molecule has 0 aromatic carbocycles. The molecule has 76 valence electrons. The molecule has 3 nitrogen and oxygen atoms in total. The van der Waals surface area contributed by atoms with Crippen LogP contribution in [0, 0.1) is 6.92 Å². The van der Waals surface area contributed by atoms with Crippen molar-refractivity contribution in [2.75, 3.05) is 0 Å². The Morgan fingerprint density at radius 3 is 3.21 bits per heavy atom. The molecule has 0 radical (unpaired) electrons. The molecule has 1 aromatic rings. The fourth-order valence-electron chi connectivity index (χ4n) is 2.04. The number of aromatic nitrogens is 1. The van der Waals surface area contributed by atoms with Gasteiger partial charge in [-0.1, -0.05) is 0 Å². The first-order valence-electron chi connectivity index (χ1n) is 4.85. The number of aliphatic carboxylic acids is 1. The van der Waals surface area contributed by atoms with E-state index in [4.69, 9.17) is 5.11 Å². The van der Waals surface area contributed by atoms with E-state index in [1.807, 2.05) is 6.92 Å². The van der Waals surface area contributed by atoms with Crippen LogP contribution < -0.4 is 0 Å². The minimum atomic E-state index is -0.700. The van der Waals surface area contributed by atoms with E-state index in [0.717, 1.165) is 30.0 Å². The lowest BCUT2D eigenvalue weighted by molar-refractivity contribution is -0.137. The van der Waals surface area contributed by atoms with E-state index in [1.165, 1.54) is 4.88 Å². The molecule has 0 spiro atoms. The number of rotatable bonds is 2. The number of hydrogen-bond acceptors (Lipinski definition) is 3. The lowest BCUT2D eigenvalue weighted by Crippen LogP contribution is -2.11. The van der Waals surface area contributed by atoms with Crippen molar-refractivity contribution in [3.05, 3.63) is 15.6 Å². The Labute approximate surface area is 86.8 Å². The van der Waals surface area contributed by atoms with Gasteiger partial charge in [0.25, 0.3) is 0 Å². The summed E-state index contributed by atoms with van der Waals surface area (Å²) in [5.41, 5.74) is 1.14. The average molecular weight is 211 g/mol. The SMILES string of the molecule is Cc1nc2c(s1)C(CC(=O)O)CCC2. The summed E-state index contributed by atoms with van der Waals surface area (Å²) in [5.74, 6) is -0.489. The number of aryl methyl sites for hydroxylation is 2. The summed E-state index contributed by atoms with van der Waals surface area (Å²) in [5, 5.41) is 9.84. The number of carboxylic acid groups (broad SMARTS) is 1. The van der Waals surface area contributed by atoms with Crippen molar-refractivity contribution < 1.29 is 9.90 Å². The maximum absolute atomic E-state index is 10.7. The van der Waals surface area contributed by atoms with Crippen LogP contribution in [0.5, 0.6) is 0 Å². The zero-order valence-electron chi connectivity index (χ0n) is 8.12. The third-order valence-electron chi connectivity index (χ3n) is 2.59. The highest BCUT2D eigenvalue weighted by Crippen LogP contribution is 2.37. The molecule has 2 rings (SSSR count). The van der Waals surface area contributed by atoms with Crippen LogP contribution in [0.3, 0.4) is 0 Å². The van der Waals surface area contributed by atoms with Gasteiger partial charge >= 0.3 is 5.97 Å². The topological polar surface area (TPSA) is 50.2 Å². The second kappa shape index (κ2) is 3.69. The molecule has 0 bridgehead atoms. The predicted octanol–water partition coefficient (Wildman–Crippen LogP) is 2.35. The number of nitrogens with zero attached hydrogens (tertiary/aromatic N) is 1. The van der Waals surface area contributed by atoms with E-state index in [-0.39, 0.29) is 12.3 Å². The zero-order chi connectivity index (χ0) is 10.1. The van der Waals surface area contributed by atoms with Crippen molar-refractivity contribution in [1.29, 1.82) is 0 Å². The molecule has 0 saturated carbocycles. The minimum absolute atomic E-state index is 0.211. The molecular formula is C10H13NO2S. The summed E-state index contributed by atoms with van der Waals surface area (Å²) >= 11 is 1.67. The van der Waals surface area contributed by atoms with Gasteiger partial charge in [-0.25, -0.2) is 4.98 Å². The van der Waals surface area contributed by atoms with Gasteiger partial charge in [-0.05, 0) is 26.2 Å². The summed E-state index contributed by atoms with van der Waals surface area (Å²) < 4.78 is 0. The van der Waals surface area contributed by atoms with E-state index in [1.54, 1.807) is 11.3 Å². The summed E-state index contributed by atoms with van der Waals surface area (Å²) in [7, 11) is 0. The number of fused-ring (bicyclic) bond motifs is 1. The summed E-state index contributed by atoms with van der Waals surface area (Å²) in [6.07, 6.45) is 3.36. The fourth-order valence-corrected chi connectivity index (χ4v) is 3.14. The van der Waals surface area contributed by atoms with Gasteiger partial charge in [-0.3, -0.25) is 4.79 Å². The number of carbonyl (C=O) groups is 1. The van der Waals surface area contributed by atoms with Gasteiger partial charge in [-0.2, -0.15) is 0 Å². The van der Waals surface area contributed by atoms with Gasteiger partial charge in [0, 0.05) is 10.8 Å². The molecule has 1 aromatic heterocycles. The highest BCUT2D eigenvalue weighted by molar-refractivity contribution is 7.11. The first-order valence-corrected chi connectivity index (χ1v) is 5.66. The molecule has 0 aliphatic heterocycles. The maximum Gasteiger partial charge on any atom is 0.303 e. The first kappa shape index (κ1) is 9.65. The van der Waals surface area contributed by atoms with Crippen molar-refractivity contribution in [3.8, 4) is 0 Å². The third kappa shape index (κ3) is 1.80. The van der Waals surface area contributed by atoms with Crippen LogP contribution in [0.1, 0.15) is 40.8 Å². The van der Waals surface area contributed by atoms with Gasteiger partial charge in [0.1, 0.15) is 0 Å². The highest BCUT2D eigenvalue weighted by Gasteiger charge is 2.25. The largest absolute Gasteiger partial charge is 0.481 e. The Balaban J connectivity index is 2.25. The van der Waals surface area contributed by atoms with Gasteiger partial charge in [0.05, 0.1) is 17.1 Å². The Hall–Kier alpha value is -0.900. The number of thiazole rings is 1. The standard InChI is InChI=1S/C10H13NO2S/c1-6-11-8-4-2-3-7(5-9(12)13)10(8)14-6/h7H,2-5H2,1H3,(H,12,13). The third-order valence-corrected chi connectivity index (χ3v) is 3.77. The van der Waals surface area contributed by atoms with Gasteiger partial charge in [0.15, 0.2) is 0 Å². The number of carboxylic acids is 1. The minimum Gasteiger partial charge on any atom is -0.481 e. The normalized spacial score (nSPS) is 20.5. The Morgan fingerprint density at radius 1 is 1.71 bits per heavy atom. The Morgan fingerprint density at radius 2 is 2.50 bits per heavy atom. The molecule has 1 heterocycles. The van der Waals surface area contributed by atoms with E-state index in [9.17, 15) is 4.79 Å². The van der Waals surface area contributed by atoms with Crippen molar-refractivity contribution >= 4 is 17.3 Å². The second-order valence-electron chi connectivity index (χ2n) is 3.73. The smallest absolute Gasteiger partial charge is 0.303 e. The molecular weight excluding hydrogens is 198 g/mol. The molecule has 4 heteroatoms. The lowest BCUT2D eigenvalue weighted by atomic mass is 9.89. The molecule has 1 unspecified atom stereocenters. The van der Waals surface area contributed by atoms with Gasteiger partial charge in [0.2, 0.25) is 0 Å². The van der Waals surface area contributed by atoms with E-state index in [0.29, 0.717) is 0 Å². The van der Waals surface area contributed by atoms with Gasteiger partial charge < -0.3 is 5.11 Å². The molecule has 1 aliphatic carbocycles. The van der Waals surface area contributed by atoms with Crippen LogP contribution >= 0.6 is 11.3 Å². The monoisotopic (exact) mass is 211 g/mol. The summed E-state index contributed by atoms with van der Waals surface area (Å²) in [6, 6.07) is 0. The van der Waals surface area contributed by atoms with Crippen LogP contribution in [-0.2, 0) is 11.2 Å². The van der Waals surface area contributed by atoms with Gasteiger partial charge in [-0.15, -0.1) is 11.3 Å². The predicted molar refractivity (Wildman–Crippen MR) is 54.8 cm³/mol. The summed E-state index contributed by atoms with van der Waals surface area (Å²) in [6.45, 7) is 1.99. The molecule has 1 aliphatic rings. The maximum atomic E-state index is 10.7. The van der Waals surface area contributed by atoms with Crippen LogP contribution in [0.15, 0.2) is 0 Å². The molecule has 14 heavy (non-hydrogen) atoms. The van der Waals surface area contributed by atoms with Crippen molar-refractivity contribution in [2.45, 2.75) is 38.5 Å². The molecule has 1 atom stereocenters. The van der Waals surface area contributed by atoms with Crippen LogP contribution in [0.2, 0.25) is 0 Å². The van der Waals surface area contributed by atoms with Crippen LogP contribution in [-0.4, -0.2) is 16.1 Å². The molecule has 0 amide bonds. The zero-order valence-corrected chi connectivity index (χ0v) is 8.93. The van der Waals surface area contributed by atoms with E-state index in [2.05, 4.69) is 4.98 Å². The average Bonchev–Trinajstić information content (AvgIpc) is 2.45. The Kier molecular flexibility index (Phi) is 2.54. The van der Waals surface area contributed by atoms with Crippen molar-refractivity contribution in [3.63, 3.8) is 0 Å². The van der Waals surface area contributed by atoms with Crippen molar-refractivity contribution in [1.82, 2.24) is 4.98 Å². The summed E-state index contributed by atoms with van der Waals surface area (Å²) in [4.78, 5) is 16.3. The molecule has 0 saturated heterocycles. The first-order chi connectivity index (χ1) is 6.66. The van der Waals surface area contributed by atoms with Crippen molar-refractivity contribution in [2.24, 2.45) is 0 Å². The highest BCUT2D eigenvalue weighted by atomic mass is 32.1. The van der Waals surface area contributed by atoms with Crippen LogP contribution in [0.4, 0.5) is 0 Å². The van der Waals surface area contributed by atoms with E-state index >= 15 is 0 Å². The molecule has 1 N–H and O–H groups in total. The van der Waals surface area contributed by atoms with Crippen LogP contribution in [0.25, 0.3) is 0 Å². The quantitative estimate of drug-likeness (QED) is 0.816. The fraction of sp³-hybridized carbons (Fsp3) is 0.600. The lowest BCUT2D eigenvalue weighted by Gasteiger charge is -2.19. The Bertz CT molecular complexity index is 359. The molecule has 0 fully saturated rings. The van der Waals surface area contributed by atoms with E-state index < -0.39 is 5.97 Å². The number of hydrogen-bond donors (Lipinski definition) is 1.